The highest BCUT2D eigenvalue weighted by Gasteiger charge is 2.44. The summed E-state index contributed by atoms with van der Waals surface area (Å²) < 4.78 is 0. The van der Waals surface area contributed by atoms with Gasteiger partial charge >= 0.3 is 0 Å². The summed E-state index contributed by atoms with van der Waals surface area (Å²) in [6, 6.07) is 17.5. The van der Waals surface area contributed by atoms with E-state index in [-0.39, 0.29) is 23.1 Å². The van der Waals surface area contributed by atoms with E-state index in [1.54, 1.807) is 12.1 Å². The molecule has 0 heterocycles. The molecule has 2 N–H and O–H groups in total. The van der Waals surface area contributed by atoms with Gasteiger partial charge in [0.15, 0.2) is 0 Å². The van der Waals surface area contributed by atoms with Crippen molar-refractivity contribution in [1.82, 2.24) is 5.32 Å². The first kappa shape index (κ1) is 16.8. The summed E-state index contributed by atoms with van der Waals surface area (Å²) in [6.45, 7) is 2.72. The Balaban J connectivity index is 1.38. The van der Waals surface area contributed by atoms with Gasteiger partial charge in [-0.15, -0.1) is 0 Å². The number of anilines is 1. The fourth-order valence-electron chi connectivity index (χ4n) is 3.52. The Morgan fingerprint density at radius 1 is 1.08 bits per heavy atom. The van der Waals surface area contributed by atoms with Gasteiger partial charge in [0.2, 0.25) is 5.91 Å². The van der Waals surface area contributed by atoms with Crippen molar-refractivity contribution in [3.63, 3.8) is 0 Å². The third kappa shape index (κ3) is 3.50. The summed E-state index contributed by atoms with van der Waals surface area (Å²) in [4.78, 5) is 24.6. The van der Waals surface area contributed by atoms with Crippen molar-refractivity contribution in [1.29, 1.82) is 0 Å². The lowest BCUT2D eigenvalue weighted by Gasteiger charge is -2.17. The molecule has 2 amide bonds. The molecule has 26 heavy (non-hydrogen) atoms. The lowest BCUT2D eigenvalue weighted by molar-refractivity contribution is -0.117. The fourth-order valence-corrected chi connectivity index (χ4v) is 3.52. The zero-order valence-corrected chi connectivity index (χ0v) is 15.0. The molecule has 4 rings (SSSR count). The molecule has 2 aliphatic rings. The van der Waals surface area contributed by atoms with Gasteiger partial charge in [-0.25, -0.2) is 0 Å². The Morgan fingerprint density at radius 2 is 1.81 bits per heavy atom. The standard InChI is InChI=1S/C22H24N2O2/c1-15-12-19(15)21(26)24-18-9-5-6-16(13-18)20(25)23-14-22(10-11-22)17-7-3-2-4-8-17/h2-9,13,15,19H,10-12,14H2,1H3,(H,23,25)(H,24,26). The van der Waals surface area contributed by atoms with Gasteiger partial charge in [-0.05, 0) is 48.9 Å². The van der Waals surface area contributed by atoms with Gasteiger partial charge in [0.1, 0.15) is 0 Å². The molecule has 2 aromatic carbocycles. The van der Waals surface area contributed by atoms with Crippen LogP contribution in [0.5, 0.6) is 0 Å². The number of rotatable bonds is 6. The van der Waals surface area contributed by atoms with Crippen molar-refractivity contribution < 1.29 is 9.59 Å². The highest BCUT2D eigenvalue weighted by Crippen LogP contribution is 2.47. The Bertz CT molecular complexity index is 827. The highest BCUT2D eigenvalue weighted by atomic mass is 16.2. The van der Waals surface area contributed by atoms with Gasteiger partial charge < -0.3 is 10.6 Å². The first-order valence-electron chi connectivity index (χ1n) is 9.32. The minimum absolute atomic E-state index is 0.0519. The van der Waals surface area contributed by atoms with Gasteiger partial charge in [-0.3, -0.25) is 9.59 Å². The molecule has 2 saturated carbocycles. The van der Waals surface area contributed by atoms with Crippen LogP contribution in [0.25, 0.3) is 0 Å². The van der Waals surface area contributed by atoms with Crippen molar-refractivity contribution in [3.05, 3.63) is 65.7 Å². The van der Waals surface area contributed by atoms with E-state index in [0.29, 0.717) is 23.7 Å². The van der Waals surface area contributed by atoms with Crippen molar-refractivity contribution in [2.45, 2.75) is 31.6 Å². The molecule has 0 spiro atoms. The molecule has 0 saturated heterocycles. The Labute approximate surface area is 154 Å². The second-order valence-corrected chi connectivity index (χ2v) is 7.72. The summed E-state index contributed by atoms with van der Waals surface area (Å²) in [7, 11) is 0. The molecule has 4 heteroatoms. The van der Waals surface area contributed by atoms with E-state index in [4.69, 9.17) is 0 Å². The van der Waals surface area contributed by atoms with E-state index in [1.165, 1.54) is 5.56 Å². The largest absolute Gasteiger partial charge is 0.351 e. The molecule has 0 radical (unpaired) electrons. The Morgan fingerprint density at radius 3 is 2.46 bits per heavy atom. The van der Waals surface area contributed by atoms with Crippen molar-refractivity contribution in [3.8, 4) is 0 Å². The van der Waals surface area contributed by atoms with Crippen LogP contribution in [0.3, 0.4) is 0 Å². The molecule has 4 nitrogen and oxygen atoms in total. The van der Waals surface area contributed by atoms with Crippen LogP contribution in [0.1, 0.15) is 42.1 Å². The van der Waals surface area contributed by atoms with Crippen molar-refractivity contribution in [2.75, 3.05) is 11.9 Å². The molecule has 2 unspecified atom stereocenters. The van der Waals surface area contributed by atoms with Crippen molar-refractivity contribution >= 4 is 17.5 Å². The quantitative estimate of drug-likeness (QED) is 0.835. The van der Waals surface area contributed by atoms with Crippen molar-refractivity contribution in [2.24, 2.45) is 11.8 Å². The average molecular weight is 348 g/mol. The molecule has 0 aromatic heterocycles. The van der Waals surface area contributed by atoms with Crippen LogP contribution in [0.15, 0.2) is 54.6 Å². The van der Waals surface area contributed by atoms with Gasteiger partial charge in [0, 0.05) is 29.1 Å². The number of carbonyl (C=O) groups is 2. The third-order valence-electron chi connectivity index (χ3n) is 5.67. The smallest absolute Gasteiger partial charge is 0.251 e. The van der Waals surface area contributed by atoms with Gasteiger partial charge in [-0.2, -0.15) is 0 Å². The summed E-state index contributed by atoms with van der Waals surface area (Å²) in [6.07, 6.45) is 3.16. The minimum Gasteiger partial charge on any atom is -0.351 e. The molecule has 0 bridgehead atoms. The predicted molar refractivity (Wildman–Crippen MR) is 102 cm³/mol. The first-order valence-corrected chi connectivity index (χ1v) is 9.32. The highest BCUT2D eigenvalue weighted by molar-refractivity contribution is 5.98. The molecule has 2 fully saturated rings. The topological polar surface area (TPSA) is 58.2 Å². The first-order chi connectivity index (χ1) is 12.6. The zero-order valence-electron chi connectivity index (χ0n) is 15.0. The van der Waals surface area contributed by atoms with Gasteiger partial charge in [-0.1, -0.05) is 43.3 Å². The summed E-state index contributed by atoms with van der Waals surface area (Å²) in [5.74, 6) is 0.543. The third-order valence-corrected chi connectivity index (χ3v) is 5.67. The van der Waals surface area contributed by atoms with Gasteiger partial charge in [0.05, 0.1) is 0 Å². The normalized spacial score (nSPS) is 22.3. The van der Waals surface area contributed by atoms with E-state index in [1.807, 2.05) is 30.3 Å². The number of amides is 2. The van der Waals surface area contributed by atoms with E-state index in [2.05, 4.69) is 29.7 Å². The number of benzene rings is 2. The van der Waals surface area contributed by atoms with E-state index >= 15 is 0 Å². The average Bonchev–Trinajstić information content (AvgIpc) is 3.58. The maximum absolute atomic E-state index is 12.6. The molecule has 2 aliphatic carbocycles. The van der Waals surface area contributed by atoms with E-state index < -0.39 is 0 Å². The maximum Gasteiger partial charge on any atom is 0.251 e. The molecule has 0 aliphatic heterocycles. The fraction of sp³-hybridized carbons (Fsp3) is 0.364. The number of carbonyl (C=O) groups excluding carboxylic acids is 2. The van der Waals surface area contributed by atoms with Crippen LogP contribution < -0.4 is 10.6 Å². The second-order valence-electron chi connectivity index (χ2n) is 7.72. The van der Waals surface area contributed by atoms with Crippen LogP contribution in [0.2, 0.25) is 0 Å². The zero-order chi connectivity index (χ0) is 18.1. The predicted octanol–water partition coefficient (Wildman–Crippen LogP) is 3.74. The number of hydrogen-bond donors (Lipinski definition) is 2. The number of nitrogens with one attached hydrogen (secondary N) is 2. The summed E-state index contributed by atoms with van der Waals surface area (Å²) in [5.41, 5.74) is 2.64. The summed E-state index contributed by atoms with van der Waals surface area (Å²) in [5, 5.41) is 5.99. The molecular weight excluding hydrogens is 324 g/mol. The molecule has 2 atom stereocenters. The maximum atomic E-state index is 12.6. The lowest BCUT2D eigenvalue weighted by atomic mass is 9.96. The van der Waals surface area contributed by atoms with Crippen LogP contribution in [0, 0.1) is 11.8 Å². The van der Waals surface area contributed by atoms with E-state index in [9.17, 15) is 9.59 Å². The molecule has 134 valence electrons. The van der Waals surface area contributed by atoms with E-state index in [0.717, 1.165) is 19.3 Å². The van der Waals surface area contributed by atoms with Crippen LogP contribution in [0.4, 0.5) is 5.69 Å². The Hall–Kier alpha value is -2.62. The Kier molecular flexibility index (Phi) is 4.27. The SMILES string of the molecule is CC1CC1C(=O)Nc1cccc(C(=O)NCC2(c3ccccc3)CC2)c1. The summed E-state index contributed by atoms with van der Waals surface area (Å²) >= 11 is 0. The number of hydrogen-bond acceptors (Lipinski definition) is 2. The minimum atomic E-state index is -0.0944. The lowest BCUT2D eigenvalue weighted by Crippen LogP contribution is -2.32. The monoisotopic (exact) mass is 348 g/mol. The second kappa shape index (κ2) is 6.60. The molecular formula is C22H24N2O2. The van der Waals surface area contributed by atoms with Crippen LogP contribution in [-0.4, -0.2) is 18.4 Å². The molecule has 2 aromatic rings. The van der Waals surface area contributed by atoms with Gasteiger partial charge in [0.25, 0.3) is 5.91 Å². The van der Waals surface area contributed by atoms with Crippen LogP contribution >= 0.6 is 0 Å². The van der Waals surface area contributed by atoms with Crippen LogP contribution in [-0.2, 0) is 10.2 Å².